The number of hydrogen-bond donors (Lipinski definition) is 0. The minimum Gasteiger partial charge on any atom is -0.338 e. The van der Waals surface area contributed by atoms with Gasteiger partial charge in [0.15, 0.2) is 0 Å². The van der Waals surface area contributed by atoms with E-state index in [0.717, 1.165) is 5.56 Å². The van der Waals surface area contributed by atoms with Crippen LogP contribution in [0.5, 0.6) is 0 Å². The van der Waals surface area contributed by atoms with Gasteiger partial charge in [0.2, 0.25) is 5.91 Å². The number of benzene rings is 1. The van der Waals surface area contributed by atoms with E-state index < -0.39 is 0 Å². The van der Waals surface area contributed by atoms with Crippen molar-refractivity contribution in [1.29, 1.82) is 0 Å². The normalized spacial score (nSPS) is 12.4. The van der Waals surface area contributed by atoms with Crippen LogP contribution in [0.3, 0.4) is 0 Å². The number of halogens is 1. The fourth-order valence-electron chi connectivity index (χ4n) is 2.62. The second-order valence-electron chi connectivity index (χ2n) is 5.62. The number of carbonyl (C=O) groups excluding carboxylic acids is 1. The minimum atomic E-state index is -0.0445. The standard InChI is InChI=1S/C16H21ClN4O/c1-12(2)16(13-6-4-5-7-14(13)17)20(3)15(22)8-9-21-11-18-10-19-21/h4-7,10-12,16H,8-9H2,1-3H3. The van der Waals surface area contributed by atoms with E-state index in [9.17, 15) is 4.79 Å². The molecule has 0 saturated carbocycles. The zero-order valence-corrected chi connectivity index (χ0v) is 13.9. The van der Waals surface area contributed by atoms with Crippen molar-refractivity contribution in [2.75, 3.05) is 7.05 Å². The van der Waals surface area contributed by atoms with Crippen LogP contribution in [-0.4, -0.2) is 32.6 Å². The highest BCUT2D eigenvalue weighted by Gasteiger charge is 2.26. The molecule has 0 aliphatic heterocycles. The van der Waals surface area contributed by atoms with Gasteiger partial charge in [-0.15, -0.1) is 0 Å². The highest BCUT2D eigenvalue weighted by atomic mass is 35.5. The van der Waals surface area contributed by atoms with Crippen LogP contribution >= 0.6 is 11.6 Å². The topological polar surface area (TPSA) is 51.0 Å². The first-order valence-electron chi connectivity index (χ1n) is 7.33. The third-order valence-electron chi connectivity index (χ3n) is 3.69. The summed E-state index contributed by atoms with van der Waals surface area (Å²) in [5.74, 6) is 0.328. The molecule has 0 aliphatic rings. The van der Waals surface area contributed by atoms with Gasteiger partial charge in [-0.05, 0) is 17.5 Å². The van der Waals surface area contributed by atoms with Crippen LogP contribution in [0, 0.1) is 5.92 Å². The summed E-state index contributed by atoms with van der Waals surface area (Å²) in [6.45, 7) is 4.71. The highest BCUT2D eigenvalue weighted by molar-refractivity contribution is 6.31. The van der Waals surface area contributed by atoms with Crippen LogP contribution in [0.2, 0.25) is 5.02 Å². The number of carbonyl (C=O) groups is 1. The van der Waals surface area contributed by atoms with Gasteiger partial charge in [0.05, 0.1) is 12.6 Å². The first kappa shape index (κ1) is 16.5. The van der Waals surface area contributed by atoms with Crippen molar-refractivity contribution in [2.24, 2.45) is 5.92 Å². The van der Waals surface area contributed by atoms with Gasteiger partial charge in [-0.1, -0.05) is 43.6 Å². The summed E-state index contributed by atoms with van der Waals surface area (Å²) in [5, 5.41) is 4.71. The lowest BCUT2D eigenvalue weighted by molar-refractivity contribution is -0.133. The molecule has 0 N–H and O–H groups in total. The summed E-state index contributed by atoms with van der Waals surface area (Å²) in [7, 11) is 1.83. The average Bonchev–Trinajstić information content (AvgIpc) is 3.00. The predicted molar refractivity (Wildman–Crippen MR) is 86.4 cm³/mol. The van der Waals surface area contributed by atoms with Gasteiger partial charge >= 0.3 is 0 Å². The van der Waals surface area contributed by atoms with Crippen molar-refractivity contribution >= 4 is 17.5 Å². The summed E-state index contributed by atoms with van der Waals surface area (Å²) in [6, 6.07) is 7.64. The third-order valence-corrected chi connectivity index (χ3v) is 4.03. The predicted octanol–water partition coefficient (Wildman–Crippen LogP) is 3.18. The summed E-state index contributed by atoms with van der Waals surface area (Å²) in [6.07, 6.45) is 3.46. The van der Waals surface area contributed by atoms with Gasteiger partial charge in [-0.25, -0.2) is 4.98 Å². The number of rotatable bonds is 6. The molecule has 6 heteroatoms. The Hall–Kier alpha value is -1.88. The third kappa shape index (κ3) is 3.85. The maximum Gasteiger partial charge on any atom is 0.224 e. The van der Waals surface area contributed by atoms with Crippen LogP contribution in [0.25, 0.3) is 0 Å². The maximum atomic E-state index is 12.5. The Morgan fingerprint density at radius 1 is 1.36 bits per heavy atom. The largest absolute Gasteiger partial charge is 0.338 e. The Morgan fingerprint density at radius 2 is 2.09 bits per heavy atom. The van der Waals surface area contributed by atoms with Gasteiger partial charge in [-0.2, -0.15) is 5.10 Å². The zero-order chi connectivity index (χ0) is 16.1. The van der Waals surface area contributed by atoms with Crippen LogP contribution < -0.4 is 0 Å². The number of aromatic nitrogens is 3. The van der Waals surface area contributed by atoms with Crippen LogP contribution in [0.1, 0.15) is 31.9 Å². The van der Waals surface area contributed by atoms with Crippen molar-refractivity contribution in [1.82, 2.24) is 19.7 Å². The van der Waals surface area contributed by atoms with Crippen LogP contribution in [0.4, 0.5) is 0 Å². The molecule has 1 aromatic heterocycles. The highest BCUT2D eigenvalue weighted by Crippen LogP contribution is 2.32. The second kappa shape index (κ2) is 7.40. The SMILES string of the molecule is CC(C)C(c1ccccc1Cl)N(C)C(=O)CCn1cncn1. The average molecular weight is 321 g/mol. The van der Waals surface area contributed by atoms with Gasteiger partial charge < -0.3 is 4.90 Å². The van der Waals surface area contributed by atoms with E-state index >= 15 is 0 Å². The summed E-state index contributed by atoms with van der Waals surface area (Å²) in [4.78, 5) is 18.1. The molecule has 1 atom stereocenters. The Labute approximate surface area is 135 Å². The molecule has 1 unspecified atom stereocenters. The van der Waals surface area contributed by atoms with E-state index in [0.29, 0.717) is 18.0 Å². The number of aryl methyl sites for hydroxylation is 1. The molecule has 0 aliphatic carbocycles. The smallest absolute Gasteiger partial charge is 0.224 e. The van der Waals surface area contributed by atoms with Gasteiger partial charge in [-0.3, -0.25) is 9.48 Å². The molecule has 2 rings (SSSR count). The van der Waals surface area contributed by atoms with Crippen molar-refractivity contribution in [2.45, 2.75) is 32.9 Å². The summed E-state index contributed by atoms with van der Waals surface area (Å²) < 4.78 is 1.66. The molecule has 0 bridgehead atoms. The first-order chi connectivity index (χ1) is 10.5. The Balaban J connectivity index is 2.11. The van der Waals surface area contributed by atoms with E-state index in [1.54, 1.807) is 15.9 Å². The van der Waals surface area contributed by atoms with Gasteiger partial charge in [0, 0.05) is 18.5 Å². The molecular weight excluding hydrogens is 300 g/mol. The summed E-state index contributed by atoms with van der Waals surface area (Å²) >= 11 is 6.31. The molecule has 118 valence electrons. The molecule has 1 heterocycles. The van der Waals surface area contributed by atoms with E-state index in [4.69, 9.17) is 11.6 Å². The fourth-order valence-corrected chi connectivity index (χ4v) is 2.87. The maximum absolute atomic E-state index is 12.5. The van der Waals surface area contributed by atoms with E-state index in [-0.39, 0.29) is 17.9 Å². The van der Waals surface area contributed by atoms with E-state index in [1.807, 2.05) is 31.3 Å². The van der Waals surface area contributed by atoms with E-state index in [2.05, 4.69) is 23.9 Å². The van der Waals surface area contributed by atoms with E-state index in [1.165, 1.54) is 6.33 Å². The van der Waals surface area contributed by atoms with Crippen molar-refractivity contribution in [3.8, 4) is 0 Å². The monoisotopic (exact) mass is 320 g/mol. The Kier molecular flexibility index (Phi) is 5.55. The number of nitrogens with zero attached hydrogens (tertiary/aromatic N) is 4. The lowest BCUT2D eigenvalue weighted by Crippen LogP contribution is -2.34. The van der Waals surface area contributed by atoms with Gasteiger partial charge in [0.25, 0.3) is 0 Å². The van der Waals surface area contributed by atoms with Crippen molar-refractivity contribution in [3.05, 3.63) is 47.5 Å². The molecule has 5 nitrogen and oxygen atoms in total. The zero-order valence-electron chi connectivity index (χ0n) is 13.1. The lowest BCUT2D eigenvalue weighted by atomic mass is 9.94. The minimum absolute atomic E-state index is 0.0445. The molecule has 1 amide bonds. The molecule has 0 fully saturated rings. The lowest BCUT2D eigenvalue weighted by Gasteiger charge is -2.32. The fraction of sp³-hybridized carbons (Fsp3) is 0.438. The van der Waals surface area contributed by atoms with Crippen LogP contribution in [0.15, 0.2) is 36.9 Å². The molecule has 1 aromatic carbocycles. The molecule has 2 aromatic rings. The Morgan fingerprint density at radius 3 is 2.68 bits per heavy atom. The molecule has 22 heavy (non-hydrogen) atoms. The van der Waals surface area contributed by atoms with Gasteiger partial charge in [0.1, 0.15) is 12.7 Å². The quantitative estimate of drug-likeness (QED) is 0.821. The number of hydrogen-bond acceptors (Lipinski definition) is 3. The second-order valence-corrected chi connectivity index (χ2v) is 6.03. The molecule has 0 saturated heterocycles. The van der Waals surface area contributed by atoms with Crippen LogP contribution in [-0.2, 0) is 11.3 Å². The number of amides is 1. The van der Waals surface area contributed by atoms with Crippen molar-refractivity contribution < 1.29 is 4.79 Å². The summed E-state index contributed by atoms with van der Waals surface area (Å²) in [5.41, 5.74) is 0.982. The molecule has 0 spiro atoms. The first-order valence-corrected chi connectivity index (χ1v) is 7.71. The van der Waals surface area contributed by atoms with Crippen molar-refractivity contribution in [3.63, 3.8) is 0 Å². The molecule has 0 radical (unpaired) electrons. The molecular formula is C16H21ClN4O. The Bertz CT molecular complexity index is 612.